The van der Waals surface area contributed by atoms with Gasteiger partial charge in [0.1, 0.15) is 5.15 Å². The fourth-order valence-electron chi connectivity index (χ4n) is 1.26. The second kappa shape index (κ2) is 4.43. The third-order valence-corrected chi connectivity index (χ3v) is 2.58. The quantitative estimate of drug-likeness (QED) is 0.788. The molecule has 0 aliphatic carbocycles. The lowest BCUT2D eigenvalue weighted by molar-refractivity contribution is -0.141. The molecule has 2 nitrogen and oxygen atoms in total. The maximum Gasteiger partial charge on any atom is 0.435 e. The first-order valence-corrected chi connectivity index (χ1v) is 5.05. The van der Waals surface area contributed by atoms with Gasteiger partial charge in [0.05, 0.1) is 0 Å². The predicted octanol–water partition coefficient (Wildman–Crippen LogP) is 3.66. The zero-order valence-corrected chi connectivity index (χ0v) is 9.28. The second-order valence-electron chi connectivity index (χ2n) is 3.34. The van der Waals surface area contributed by atoms with Gasteiger partial charge in [-0.3, -0.25) is 4.68 Å². The minimum Gasteiger partial charge on any atom is -0.253 e. The summed E-state index contributed by atoms with van der Waals surface area (Å²) in [6.45, 7) is 3.71. The van der Waals surface area contributed by atoms with Crippen molar-refractivity contribution in [2.24, 2.45) is 0 Å². The van der Waals surface area contributed by atoms with Crippen LogP contribution in [-0.4, -0.2) is 9.78 Å². The smallest absolute Gasteiger partial charge is 0.253 e. The van der Waals surface area contributed by atoms with Crippen molar-refractivity contribution in [1.29, 1.82) is 0 Å². The van der Waals surface area contributed by atoms with Gasteiger partial charge in [-0.05, 0) is 13.3 Å². The highest BCUT2D eigenvalue weighted by molar-refractivity contribution is 6.30. The molecule has 0 aliphatic heterocycles. The van der Waals surface area contributed by atoms with E-state index in [1.165, 1.54) is 11.6 Å². The maximum atomic E-state index is 12.4. The molecule has 86 valence electrons. The first kappa shape index (κ1) is 12.4. The van der Waals surface area contributed by atoms with Gasteiger partial charge in [-0.1, -0.05) is 24.9 Å². The fourth-order valence-corrected chi connectivity index (χ4v) is 1.47. The largest absolute Gasteiger partial charge is 0.435 e. The topological polar surface area (TPSA) is 17.8 Å². The second-order valence-corrected chi connectivity index (χ2v) is 3.70. The number of unbranched alkanes of at least 4 members (excludes halogenated alkanes) is 1. The molecule has 0 radical (unpaired) electrons. The van der Waals surface area contributed by atoms with Gasteiger partial charge in [0.2, 0.25) is 0 Å². The molecule has 0 bridgehead atoms. The molecule has 0 aliphatic rings. The summed E-state index contributed by atoms with van der Waals surface area (Å²) in [5.74, 6) is 0. The number of aryl methyl sites for hydroxylation is 1. The Kier molecular flexibility index (Phi) is 3.65. The Labute approximate surface area is 91.0 Å². The highest BCUT2D eigenvalue weighted by Gasteiger charge is 2.37. The summed E-state index contributed by atoms with van der Waals surface area (Å²) < 4.78 is 38.5. The van der Waals surface area contributed by atoms with Crippen molar-refractivity contribution in [3.8, 4) is 0 Å². The normalized spacial score (nSPS) is 12.1. The number of rotatable bonds is 3. The van der Waals surface area contributed by atoms with Crippen LogP contribution in [-0.2, 0) is 12.7 Å². The Balaban J connectivity index is 3.02. The summed E-state index contributed by atoms with van der Waals surface area (Å²) >= 11 is 5.76. The highest BCUT2D eigenvalue weighted by Crippen LogP contribution is 2.33. The minimum absolute atomic E-state index is 0.000250. The number of alkyl halides is 3. The van der Waals surface area contributed by atoms with Crippen LogP contribution < -0.4 is 0 Å². The molecular weight excluding hydrogens is 229 g/mol. The summed E-state index contributed by atoms with van der Waals surface area (Å²) in [5.41, 5.74) is -0.885. The molecule has 0 saturated carbocycles. The van der Waals surface area contributed by atoms with Crippen LogP contribution in [0.2, 0.25) is 5.15 Å². The Hall–Kier alpha value is -0.710. The highest BCUT2D eigenvalue weighted by atomic mass is 35.5. The van der Waals surface area contributed by atoms with Gasteiger partial charge in [-0.2, -0.15) is 18.3 Å². The third kappa shape index (κ3) is 2.65. The van der Waals surface area contributed by atoms with Crippen molar-refractivity contribution < 1.29 is 13.2 Å². The number of hydrogen-bond donors (Lipinski definition) is 0. The minimum atomic E-state index is -4.43. The first-order chi connectivity index (χ1) is 6.88. The first-order valence-electron chi connectivity index (χ1n) is 4.68. The molecule has 1 rings (SSSR count). The van der Waals surface area contributed by atoms with Crippen LogP contribution in [0.5, 0.6) is 0 Å². The zero-order valence-electron chi connectivity index (χ0n) is 8.53. The molecular formula is C9H12ClF3N2. The molecule has 0 spiro atoms. The van der Waals surface area contributed by atoms with E-state index >= 15 is 0 Å². The van der Waals surface area contributed by atoms with Gasteiger partial charge in [-0.15, -0.1) is 0 Å². The number of halogens is 4. The van der Waals surface area contributed by atoms with Gasteiger partial charge in [0.25, 0.3) is 0 Å². The summed E-state index contributed by atoms with van der Waals surface area (Å²) in [5, 5.41) is 3.56. The number of hydrogen-bond acceptors (Lipinski definition) is 1. The summed E-state index contributed by atoms with van der Waals surface area (Å²) in [6, 6.07) is 0. The van der Waals surface area contributed by atoms with Crippen LogP contribution in [0.3, 0.4) is 0 Å². The summed E-state index contributed by atoms with van der Waals surface area (Å²) in [7, 11) is 0. The van der Waals surface area contributed by atoms with E-state index in [-0.39, 0.29) is 10.7 Å². The van der Waals surface area contributed by atoms with Crippen molar-refractivity contribution in [2.75, 3.05) is 0 Å². The molecule has 0 fully saturated rings. The molecule has 0 aromatic carbocycles. The van der Waals surface area contributed by atoms with E-state index < -0.39 is 11.9 Å². The zero-order chi connectivity index (χ0) is 11.6. The molecule has 1 aromatic heterocycles. The van der Waals surface area contributed by atoms with Crippen molar-refractivity contribution >= 4 is 11.6 Å². The van der Waals surface area contributed by atoms with Gasteiger partial charge in [-0.25, -0.2) is 0 Å². The lowest BCUT2D eigenvalue weighted by atomic mass is 10.3. The molecule has 0 atom stereocenters. The van der Waals surface area contributed by atoms with E-state index in [1.54, 1.807) is 0 Å². The lowest BCUT2D eigenvalue weighted by Crippen LogP contribution is -2.09. The van der Waals surface area contributed by atoms with Crippen LogP contribution >= 0.6 is 11.6 Å². The van der Waals surface area contributed by atoms with E-state index in [1.807, 2.05) is 6.92 Å². The molecule has 6 heteroatoms. The number of nitrogens with zero attached hydrogens (tertiary/aromatic N) is 2. The monoisotopic (exact) mass is 240 g/mol. The Morgan fingerprint density at radius 3 is 2.40 bits per heavy atom. The molecule has 1 aromatic rings. The summed E-state index contributed by atoms with van der Waals surface area (Å²) in [4.78, 5) is 0. The Morgan fingerprint density at radius 1 is 1.40 bits per heavy atom. The van der Waals surface area contributed by atoms with Crippen LogP contribution in [0.25, 0.3) is 0 Å². The lowest BCUT2D eigenvalue weighted by Gasteiger charge is -2.02. The Morgan fingerprint density at radius 2 is 2.00 bits per heavy atom. The van der Waals surface area contributed by atoms with Crippen LogP contribution in [0, 0.1) is 6.92 Å². The van der Waals surface area contributed by atoms with Crippen molar-refractivity contribution in [3.05, 3.63) is 16.4 Å². The van der Waals surface area contributed by atoms with Crippen molar-refractivity contribution in [2.45, 2.75) is 39.4 Å². The van der Waals surface area contributed by atoms with E-state index in [9.17, 15) is 13.2 Å². The van der Waals surface area contributed by atoms with Gasteiger partial charge in [0.15, 0.2) is 5.69 Å². The van der Waals surface area contributed by atoms with E-state index in [4.69, 9.17) is 11.6 Å². The molecule has 0 N–H and O–H groups in total. The molecule has 0 unspecified atom stereocenters. The van der Waals surface area contributed by atoms with Crippen LogP contribution in [0.1, 0.15) is 31.0 Å². The third-order valence-electron chi connectivity index (χ3n) is 2.10. The molecule has 0 saturated heterocycles. The van der Waals surface area contributed by atoms with Gasteiger partial charge >= 0.3 is 6.18 Å². The Bertz CT molecular complexity index is 344. The number of aromatic nitrogens is 2. The van der Waals surface area contributed by atoms with Crippen LogP contribution in [0.15, 0.2) is 0 Å². The van der Waals surface area contributed by atoms with E-state index in [0.717, 1.165) is 12.8 Å². The average Bonchev–Trinajstić information content (AvgIpc) is 2.41. The van der Waals surface area contributed by atoms with Gasteiger partial charge in [0, 0.05) is 12.1 Å². The van der Waals surface area contributed by atoms with Crippen molar-refractivity contribution in [1.82, 2.24) is 9.78 Å². The molecule has 15 heavy (non-hydrogen) atoms. The summed E-state index contributed by atoms with van der Waals surface area (Å²) in [6.07, 6.45) is -2.78. The SMILES string of the molecule is CCCCn1nc(C(F)(F)F)c(C)c1Cl. The molecule has 1 heterocycles. The standard InChI is InChI=1S/C9H12ClF3N2/c1-3-4-5-15-8(10)6(2)7(14-15)9(11,12)13/h3-5H2,1-2H3. The van der Waals surface area contributed by atoms with Crippen LogP contribution in [0.4, 0.5) is 13.2 Å². The van der Waals surface area contributed by atoms with Gasteiger partial charge < -0.3 is 0 Å². The van der Waals surface area contributed by atoms with E-state index in [2.05, 4.69) is 5.10 Å². The molecule has 0 amide bonds. The van der Waals surface area contributed by atoms with E-state index in [0.29, 0.717) is 6.54 Å². The predicted molar refractivity (Wildman–Crippen MR) is 51.9 cm³/mol. The van der Waals surface area contributed by atoms with Crippen molar-refractivity contribution in [3.63, 3.8) is 0 Å². The fraction of sp³-hybridized carbons (Fsp3) is 0.667. The average molecular weight is 241 g/mol. The maximum absolute atomic E-state index is 12.4.